The van der Waals surface area contributed by atoms with E-state index in [1.165, 1.54) is 9.75 Å². The van der Waals surface area contributed by atoms with E-state index in [9.17, 15) is 4.79 Å². The van der Waals surface area contributed by atoms with Gasteiger partial charge in [-0.15, -0.1) is 11.3 Å². The highest BCUT2D eigenvalue weighted by molar-refractivity contribution is 7.11. The third kappa shape index (κ3) is 2.85. The van der Waals surface area contributed by atoms with Crippen molar-refractivity contribution in [1.82, 2.24) is 9.97 Å². The number of benzene rings is 1. The van der Waals surface area contributed by atoms with Crippen molar-refractivity contribution < 1.29 is 9.90 Å². The molecule has 0 aliphatic heterocycles. The summed E-state index contributed by atoms with van der Waals surface area (Å²) in [6.45, 7) is 2.66. The van der Waals surface area contributed by atoms with Crippen LogP contribution in [0.3, 0.4) is 0 Å². The van der Waals surface area contributed by atoms with Crippen LogP contribution in [0.2, 0.25) is 0 Å². The lowest BCUT2D eigenvalue weighted by Crippen LogP contribution is -2.09. The molecule has 106 valence electrons. The number of hydrogen-bond donors (Lipinski definition) is 2. The fourth-order valence-electron chi connectivity index (χ4n) is 2.06. The Labute approximate surface area is 125 Å². The first-order valence-corrected chi connectivity index (χ1v) is 7.24. The summed E-state index contributed by atoms with van der Waals surface area (Å²) >= 11 is 1.70. The SMILES string of the molecule is Cc1ccc(CNc2nc(C(=O)O)nc3ccccc23)s1. The molecular weight excluding hydrogens is 286 g/mol. The maximum atomic E-state index is 11.1. The molecule has 21 heavy (non-hydrogen) atoms. The number of hydrogen-bond acceptors (Lipinski definition) is 5. The molecule has 0 aliphatic rings. The van der Waals surface area contributed by atoms with Crippen LogP contribution in [0.4, 0.5) is 5.82 Å². The summed E-state index contributed by atoms with van der Waals surface area (Å²) in [6.07, 6.45) is 0. The molecule has 0 aliphatic carbocycles. The van der Waals surface area contributed by atoms with Gasteiger partial charge in [0.1, 0.15) is 5.82 Å². The number of carboxylic acids is 1. The first kappa shape index (κ1) is 13.5. The number of nitrogens with one attached hydrogen (secondary N) is 1. The van der Waals surface area contributed by atoms with Crippen molar-refractivity contribution >= 4 is 34.0 Å². The van der Waals surface area contributed by atoms with Gasteiger partial charge < -0.3 is 10.4 Å². The van der Waals surface area contributed by atoms with Gasteiger partial charge in [0.05, 0.1) is 12.1 Å². The van der Waals surface area contributed by atoms with Crippen molar-refractivity contribution in [3.05, 3.63) is 52.0 Å². The smallest absolute Gasteiger partial charge is 0.374 e. The molecule has 0 fully saturated rings. The van der Waals surface area contributed by atoms with E-state index in [0.29, 0.717) is 17.9 Å². The van der Waals surface area contributed by atoms with E-state index in [1.807, 2.05) is 18.2 Å². The van der Waals surface area contributed by atoms with Gasteiger partial charge in [-0.1, -0.05) is 12.1 Å². The number of nitrogens with zero attached hydrogens (tertiary/aromatic N) is 2. The Morgan fingerprint density at radius 3 is 2.76 bits per heavy atom. The highest BCUT2D eigenvalue weighted by atomic mass is 32.1. The standard InChI is InChI=1S/C15H13N3O2S/c1-9-6-7-10(21-9)8-16-13-11-4-2-3-5-12(11)17-14(18-13)15(19)20/h2-7H,8H2,1H3,(H,19,20)(H,16,17,18). The van der Waals surface area contributed by atoms with Gasteiger partial charge in [0.25, 0.3) is 0 Å². The minimum atomic E-state index is -1.13. The van der Waals surface area contributed by atoms with Gasteiger partial charge in [0.2, 0.25) is 5.82 Å². The zero-order chi connectivity index (χ0) is 14.8. The number of para-hydroxylation sites is 1. The number of aromatic carboxylic acids is 1. The molecule has 3 rings (SSSR count). The molecule has 1 aromatic carbocycles. The van der Waals surface area contributed by atoms with E-state index < -0.39 is 5.97 Å². The van der Waals surface area contributed by atoms with Gasteiger partial charge in [-0.2, -0.15) is 0 Å². The van der Waals surface area contributed by atoms with Crippen molar-refractivity contribution in [3.8, 4) is 0 Å². The van der Waals surface area contributed by atoms with Crippen LogP contribution < -0.4 is 5.32 Å². The maximum Gasteiger partial charge on any atom is 0.374 e. The van der Waals surface area contributed by atoms with Gasteiger partial charge >= 0.3 is 5.97 Å². The highest BCUT2D eigenvalue weighted by Crippen LogP contribution is 2.22. The van der Waals surface area contributed by atoms with Crippen molar-refractivity contribution in [2.75, 3.05) is 5.32 Å². The molecule has 6 heteroatoms. The van der Waals surface area contributed by atoms with E-state index in [1.54, 1.807) is 17.4 Å². The summed E-state index contributed by atoms with van der Waals surface area (Å²) in [5, 5.41) is 13.1. The largest absolute Gasteiger partial charge is 0.475 e. The molecule has 3 aromatic rings. The Kier molecular flexibility index (Phi) is 3.53. The molecule has 0 radical (unpaired) electrons. The van der Waals surface area contributed by atoms with Crippen molar-refractivity contribution in [3.63, 3.8) is 0 Å². The van der Waals surface area contributed by atoms with Crippen LogP contribution in [0.15, 0.2) is 36.4 Å². The number of aromatic nitrogens is 2. The number of carboxylic acid groups (broad SMARTS) is 1. The first-order valence-electron chi connectivity index (χ1n) is 6.43. The van der Waals surface area contributed by atoms with E-state index in [0.717, 1.165) is 5.39 Å². The quantitative estimate of drug-likeness (QED) is 0.773. The second-order valence-corrected chi connectivity index (χ2v) is 5.96. The average molecular weight is 299 g/mol. The normalized spacial score (nSPS) is 10.7. The zero-order valence-electron chi connectivity index (χ0n) is 11.3. The van der Waals surface area contributed by atoms with Gasteiger partial charge in [0, 0.05) is 15.1 Å². The van der Waals surface area contributed by atoms with Crippen molar-refractivity contribution in [2.45, 2.75) is 13.5 Å². The molecule has 0 amide bonds. The lowest BCUT2D eigenvalue weighted by atomic mass is 10.2. The van der Waals surface area contributed by atoms with Crippen LogP contribution >= 0.6 is 11.3 Å². The molecule has 2 heterocycles. The summed E-state index contributed by atoms with van der Waals surface area (Å²) in [5.74, 6) is -0.779. The van der Waals surface area contributed by atoms with Crippen LogP contribution in [-0.4, -0.2) is 21.0 Å². The Balaban J connectivity index is 1.97. The second kappa shape index (κ2) is 5.49. The van der Waals surface area contributed by atoms with E-state index >= 15 is 0 Å². The zero-order valence-corrected chi connectivity index (χ0v) is 12.1. The van der Waals surface area contributed by atoms with E-state index in [4.69, 9.17) is 5.11 Å². The first-order chi connectivity index (χ1) is 10.1. The summed E-state index contributed by atoms with van der Waals surface area (Å²) in [6, 6.07) is 11.5. The molecule has 0 bridgehead atoms. The minimum Gasteiger partial charge on any atom is -0.475 e. The predicted octanol–water partition coefficient (Wildman–Crippen LogP) is 3.31. The van der Waals surface area contributed by atoms with Crippen LogP contribution in [-0.2, 0) is 6.54 Å². The van der Waals surface area contributed by atoms with E-state index in [2.05, 4.69) is 34.3 Å². The number of carbonyl (C=O) groups is 1. The van der Waals surface area contributed by atoms with Gasteiger partial charge in [-0.25, -0.2) is 14.8 Å². The summed E-state index contributed by atoms with van der Waals surface area (Å²) in [5.41, 5.74) is 0.620. The Hall–Kier alpha value is -2.47. The minimum absolute atomic E-state index is 0.196. The monoisotopic (exact) mass is 299 g/mol. The van der Waals surface area contributed by atoms with Gasteiger partial charge in [-0.05, 0) is 31.2 Å². The topological polar surface area (TPSA) is 75.1 Å². The number of thiophene rings is 1. The summed E-state index contributed by atoms with van der Waals surface area (Å²) in [7, 11) is 0. The predicted molar refractivity (Wildman–Crippen MR) is 82.9 cm³/mol. The average Bonchev–Trinajstić information content (AvgIpc) is 2.90. The third-order valence-electron chi connectivity index (χ3n) is 3.02. The molecule has 0 saturated heterocycles. The number of fused-ring (bicyclic) bond motifs is 1. The molecule has 0 atom stereocenters. The summed E-state index contributed by atoms with van der Waals surface area (Å²) in [4.78, 5) is 21.7. The van der Waals surface area contributed by atoms with Crippen molar-refractivity contribution in [1.29, 1.82) is 0 Å². The molecule has 5 nitrogen and oxygen atoms in total. The number of aryl methyl sites for hydroxylation is 1. The number of rotatable bonds is 4. The molecule has 0 spiro atoms. The lowest BCUT2D eigenvalue weighted by Gasteiger charge is -2.08. The van der Waals surface area contributed by atoms with E-state index in [-0.39, 0.29) is 5.82 Å². The summed E-state index contributed by atoms with van der Waals surface area (Å²) < 4.78 is 0. The molecule has 2 aromatic heterocycles. The molecular formula is C15H13N3O2S. The van der Waals surface area contributed by atoms with Crippen LogP contribution in [0.1, 0.15) is 20.4 Å². The lowest BCUT2D eigenvalue weighted by molar-refractivity contribution is 0.0684. The molecule has 2 N–H and O–H groups in total. The highest BCUT2D eigenvalue weighted by Gasteiger charge is 2.12. The third-order valence-corrected chi connectivity index (χ3v) is 4.02. The van der Waals surface area contributed by atoms with Gasteiger partial charge in [-0.3, -0.25) is 0 Å². The van der Waals surface area contributed by atoms with Crippen molar-refractivity contribution in [2.24, 2.45) is 0 Å². The maximum absolute atomic E-state index is 11.1. The fraction of sp³-hybridized carbons (Fsp3) is 0.133. The van der Waals surface area contributed by atoms with Crippen LogP contribution in [0, 0.1) is 6.92 Å². The Morgan fingerprint density at radius 1 is 1.24 bits per heavy atom. The fourth-order valence-corrected chi connectivity index (χ4v) is 2.89. The Bertz CT molecular complexity index is 814. The Morgan fingerprint density at radius 2 is 2.05 bits per heavy atom. The molecule has 0 unspecified atom stereocenters. The number of anilines is 1. The van der Waals surface area contributed by atoms with Crippen LogP contribution in [0.5, 0.6) is 0 Å². The van der Waals surface area contributed by atoms with Gasteiger partial charge in [0.15, 0.2) is 0 Å². The van der Waals surface area contributed by atoms with Crippen LogP contribution in [0.25, 0.3) is 10.9 Å². The molecule has 0 saturated carbocycles. The second-order valence-electron chi connectivity index (χ2n) is 4.58.